The molecule has 8 heteroatoms. The van der Waals surface area contributed by atoms with Crippen LogP contribution >= 0.6 is 0 Å². The molecular formula is C15H19NO7. The Morgan fingerprint density at radius 3 is 2.70 bits per heavy atom. The Morgan fingerprint density at radius 2 is 2.00 bits per heavy atom. The quantitative estimate of drug-likeness (QED) is 0.573. The molecule has 8 nitrogen and oxygen atoms in total. The van der Waals surface area contributed by atoms with Crippen LogP contribution in [0, 0.1) is 0 Å². The van der Waals surface area contributed by atoms with Crippen LogP contribution < -0.4 is 5.32 Å². The molecule has 0 radical (unpaired) electrons. The van der Waals surface area contributed by atoms with Crippen LogP contribution in [-0.2, 0) is 19.0 Å². The van der Waals surface area contributed by atoms with Gasteiger partial charge in [0.2, 0.25) is 5.91 Å². The van der Waals surface area contributed by atoms with Crippen molar-refractivity contribution in [3.05, 3.63) is 29.8 Å². The maximum Gasteiger partial charge on any atom is 0.217 e. The number of ether oxygens (including phenoxy) is 3. The van der Waals surface area contributed by atoms with E-state index in [2.05, 4.69) is 5.32 Å². The summed E-state index contributed by atoms with van der Waals surface area (Å²) in [5.41, 5.74) is 0.431. The zero-order chi connectivity index (χ0) is 16.6. The number of benzene rings is 1. The average molecular weight is 325 g/mol. The van der Waals surface area contributed by atoms with Gasteiger partial charge in [-0.15, -0.1) is 0 Å². The highest BCUT2D eigenvalue weighted by atomic mass is 16.7. The number of rotatable bonds is 2. The second kappa shape index (κ2) is 6.42. The third-order valence-corrected chi connectivity index (χ3v) is 3.95. The molecule has 2 aliphatic heterocycles. The summed E-state index contributed by atoms with van der Waals surface area (Å²) < 4.78 is 16.6. The first-order chi connectivity index (χ1) is 11.0. The first-order valence-corrected chi connectivity index (χ1v) is 7.31. The number of phenolic OH excluding ortho intramolecular Hbond substituents is 1. The lowest BCUT2D eigenvalue weighted by Crippen LogP contribution is -2.66. The second-order valence-corrected chi connectivity index (χ2v) is 5.61. The Kier molecular flexibility index (Phi) is 4.51. The van der Waals surface area contributed by atoms with Crippen LogP contribution in [0.25, 0.3) is 0 Å². The molecule has 0 aromatic heterocycles. The fraction of sp³-hybridized carbons (Fsp3) is 0.533. The predicted octanol–water partition coefficient (Wildman–Crippen LogP) is -0.611. The van der Waals surface area contributed by atoms with Crippen molar-refractivity contribution in [3.8, 4) is 5.75 Å². The van der Waals surface area contributed by atoms with E-state index in [0.29, 0.717) is 5.56 Å². The van der Waals surface area contributed by atoms with Gasteiger partial charge >= 0.3 is 0 Å². The topological polar surface area (TPSA) is 117 Å². The van der Waals surface area contributed by atoms with E-state index in [1.807, 2.05) is 0 Å². The zero-order valence-electron chi connectivity index (χ0n) is 12.5. The number of phenols is 1. The first-order valence-electron chi connectivity index (χ1n) is 7.31. The van der Waals surface area contributed by atoms with Crippen LogP contribution in [-0.4, -0.2) is 58.5 Å². The van der Waals surface area contributed by atoms with Crippen LogP contribution in [0.1, 0.15) is 18.8 Å². The summed E-state index contributed by atoms with van der Waals surface area (Å²) in [6.45, 7) is 1.35. The SMILES string of the molecule is CC(=O)N[C@H]1C(O)O[C@@H]2CO[C@H](c3ccccc3O)O[C@@H]2[C@@H]1O. The fourth-order valence-corrected chi connectivity index (χ4v) is 2.84. The van der Waals surface area contributed by atoms with Crippen molar-refractivity contribution in [3.63, 3.8) is 0 Å². The minimum atomic E-state index is -1.36. The van der Waals surface area contributed by atoms with Crippen LogP contribution in [0.4, 0.5) is 0 Å². The third-order valence-electron chi connectivity index (χ3n) is 3.95. The van der Waals surface area contributed by atoms with E-state index in [9.17, 15) is 20.1 Å². The molecule has 2 aliphatic rings. The van der Waals surface area contributed by atoms with Gasteiger partial charge in [0, 0.05) is 12.5 Å². The molecule has 4 N–H and O–H groups in total. The standard InChI is InChI=1S/C15H19NO7/c1-7(17)16-11-12(19)13-10(22-14(11)20)6-21-15(23-13)8-4-2-3-5-9(8)18/h2-5,10-15,18-20H,6H2,1H3,(H,16,17)/t10-,11-,12-,13+,14?,15+/m1/s1. The van der Waals surface area contributed by atoms with E-state index >= 15 is 0 Å². The number of hydrogen-bond acceptors (Lipinski definition) is 7. The molecule has 0 aliphatic carbocycles. The molecule has 1 unspecified atom stereocenters. The van der Waals surface area contributed by atoms with Crippen molar-refractivity contribution in [1.82, 2.24) is 5.32 Å². The molecule has 6 atom stereocenters. The molecule has 1 amide bonds. The number of nitrogens with one attached hydrogen (secondary N) is 1. The predicted molar refractivity (Wildman–Crippen MR) is 76.2 cm³/mol. The molecule has 0 bridgehead atoms. The number of para-hydroxylation sites is 1. The van der Waals surface area contributed by atoms with Gasteiger partial charge in [-0.1, -0.05) is 18.2 Å². The Morgan fingerprint density at radius 1 is 1.26 bits per heavy atom. The summed E-state index contributed by atoms with van der Waals surface area (Å²) in [4.78, 5) is 11.2. The van der Waals surface area contributed by atoms with Crippen LogP contribution in [0.2, 0.25) is 0 Å². The summed E-state index contributed by atoms with van der Waals surface area (Å²) in [5.74, 6) is -0.389. The molecule has 2 heterocycles. The van der Waals surface area contributed by atoms with Crippen molar-refractivity contribution < 1.29 is 34.3 Å². The van der Waals surface area contributed by atoms with Gasteiger partial charge in [-0.25, -0.2) is 0 Å². The Balaban J connectivity index is 1.78. The van der Waals surface area contributed by atoms with Gasteiger partial charge < -0.3 is 34.8 Å². The molecule has 0 spiro atoms. The maximum absolute atomic E-state index is 11.2. The fourth-order valence-electron chi connectivity index (χ4n) is 2.84. The number of carbonyl (C=O) groups is 1. The lowest BCUT2D eigenvalue weighted by atomic mass is 9.95. The molecule has 3 rings (SSSR count). The maximum atomic E-state index is 11.2. The van der Waals surface area contributed by atoms with Crippen molar-refractivity contribution in [2.45, 2.75) is 43.9 Å². The van der Waals surface area contributed by atoms with Gasteiger partial charge in [-0.2, -0.15) is 0 Å². The lowest BCUT2D eigenvalue weighted by Gasteiger charge is -2.46. The highest BCUT2D eigenvalue weighted by molar-refractivity contribution is 5.73. The summed E-state index contributed by atoms with van der Waals surface area (Å²) in [5, 5.41) is 32.7. The van der Waals surface area contributed by atoms with E-state index in [0.717, 1.165) is 0 Å². The number of aliphatic hydroxyl groups excluding tert-OH is 2. The van der Waals surface area contributed by atoms with Gasteiger partial charge in [0.25, 0.3) is 0 Å². The van der Waals surface area contributed by atoms with E-state index in [1.165, 1.54) is 13.0 Å². The number of hydrogen-bond donors (Lipinski definition) is 4. The largest absolute Gasteiger partial charge is 0.507 e. The van der Waals surface area contributed by atoms with Crippen molar-refractivity contribution in [2.75, 3.05) is 6.61 Å². The molecule has 1 aromatic rings. The summed E-state index contributed by atoms with van der Waals surface area (Å²) >= 11 is 0. The molecule has 0 saturated carbocycles. The molecule has 2 saturated heterocycles. The van der Waals surface area contributed by atoms with E-state index in [4.69, 9.17) is 14.2 Å². The molecule has 2 fully saturated rings. The second-order valence-electron chi connectivity index (χ2n) is 5.61. The van der Waals surface area contributed by atoms with Gasteiger partial charge in [0.15, 0.2) is 12.6 Å². The van der Waals surface area contributed by atoms with Gasteiger partial charge in [-0.3, -0.25) is 4.79 Å². The lowest BCUT2D eigenvalue weighted by molar-refractivity contribution is -0.338. The van der Waals surface area contributed by atoms with Crippen LogP contribution in [0.15, 0.2) is 24.3 Å². The summed E-state index contributed by atoms with van der Waals surface area (Å²) in [7, 11) is 0. The molecule has 23 heavy (non-hydrogen) atoms. The highest BCUT2D eigenvalue weighted by Crippen LogP contribution is 2.36. The van der Waals surface area contributed by atoms with Crippen LogP contribution in [0.3, 0.4) is 0 Å². The van der Waals surface area contributed by atoms with Crippen molar-refractivity contribution >= 4 is 5.91 Å². The Labute approximate surface area is 132 Å². The average Bonchev–Trinajstić information content (AvgIpc) is 2.51. The minimum absolute atomic E-state index is 0.0145. The molecular weight excluding hydrogens is 306 g/mol. The van der Waals surface area contributed by atoms with E-state index in [1.54, 1.807) is 18.2 Å². The van der Waals surface area contributed by atoms with Crippen molar-refractivity contribution in [2.24, 2.45) is 0 Å². The van der Waals surface area contributed by atoms with E-state index in [-0.39, 0.29) is 12.4 Å². The number of fused-ring (bicyclic) bond motifs is 1. The first kappa shape index (κ1) is 16.2. The number of amides is 1. The number of aliphatic hydroxyl groups is 2. The summed E-state index contributed by atoms with van der Waals surface area (Å²) in [6.07, 6.45) is -4.89. The molecule has 1 aromatic carbocycles. The molecule has 126 valence electrons. The normalized spacial score (nSPS) is 37.0. The monoisotopic (exact) mass is 325 g/mol. The third kappa shape index (κ3) is 3.17. The zero-order valence-corrected chi connectivity index (χ0v) is 12.5. The van der Waals surface area contributed by atoms with Crippen LogP contribution in [0.5, 0.6) is 5.75 Å². The van der Waals surface area contributed by atoms with Gasteiger partial charge in [-0.05, 0) is 6.07 Å². The highest BCUT2D eigenvalue weighted by Gasteiger charge is 2.49. The Hall–Kier alpha value is -1.71. The van der Waals surface area contributed by atoms with Gasteiger partial charge in [0.05, 0.1) is 6.61 Å². The van der Waals surface area contributed by atoms with Gasteiger partial charge in [0.1, 0.15) is 30.1 Å². The minimum Gasteiger partial charge on any atom is -0.507 e. The smallest absolute Gasteiger partial charge is 0.217 e. The Bertz CT molecular complexity index is 581. The number of aromatic hydroxyl groups is 1. The van der Waals surface area contributed by atoms with Crippen molar-refractivity contribution in [1.29, 1.82) is 0 Å². The summed E-state index contributed by atoms with van der Waals surface area (Å²) in [6, 6.07) is 5.55. The van der Waals surface area contributed by atoms with E-state index < -0.39 is 42.8 Å². The number of carbonyl (C=O) groups excluding carboxylic acids is 1.